The van der Waals surface area contributed by atoms with Crippen molar-refractivity contribution in [2.75, 3.05) is 33.5 Å². The molecule has 23 heavy (non-hydrogen) atoms. The third kappa shape index (κ3) is 7.48. The lowest BCUT2D eigenvalue weighted by molar-refractivity contribution is -0.168. The topological polar surface area (TPSA) is 46.2 Å². The van der Waals surface area contributed by atoms with Gasteiger partial charge in [0, 0.05) is 26.9 Å². The Morgan fingerprint density at radius 3 is 1.91 bits per heavy atom. The molecule has 0 N–H and O–H groups in total. The second-order valence-electron chi connectivity index (χ2n) is 6.09. The summed E-state index contributed by atoms with van der Waals surface area (Å²) < 4.78 is 29.3. The smallest absolute Gasteiger partial charge is 0.186 e. The fourth-order valence-corrected chi connectivity index (χ4v) is 2.57. The first-order chi connectivity index (χ1) is 11.3. The van der Waals surface area contributed by atoms with Gasteiger partial charge in [0.15, 0.2) is 6.29 Å². The first kappa shape index (κ1) is 20.8. The van der Waals surface area contributed by atoms with E-state index in [0.717, 1.165) is 51.7 Å². The molecule has 5 heteroatoms. The van der Waals surface area contributed by atoms with Gasteiger partial charge < -0.3 is 23.7 Å². The molecule has 0 aliphatic carbocycles. The van der Waals surface area contributed by atoms with Crippen molar-refractivity contribution in [1.82, 2.24) is 0 Å². The molecular weight excluding hydrogens is 296 g/mol. The first-order valence-electron chi connectivity index (χ1n) is 9.27. The first-order valence-corrected chi connectivity index (χ1v) is 9.27. The fraction of sp³-hybridized carbons (Fsp3) is 1.00. The molecule has 1 aliphatic rings. The maximum Gasteiger partial charge on any atom is 0.186 e. The van der Waals surface area contributed by atoms with E-state index >= 15 is 0 Å². The zero-order valence-corrected chi connectivity index (χ0v) is 15.4. The Labute approximate surface area is 142 Å². The summed E-state index contributed by atoms with van der Waals surface area (Å²) >= 11 is 0. The number of hydrogen-bond donors (Lipinski definition) is 0. The molecule has 1 unspecified atom stereocenters. The molecular formula is C18H36O5. The van der Waals surface area contributed by atoms with Crippen LogP contribution in [0.25, 0.3) is 0 Å². The molecule has 1 saturated heterocycles. The Balaban J connectivity index is 2.57. The fourth-order valence-electron chi connectivity index (χ4n) is 2.57. The van der Waals surface area contributed by atoms with Gasteiger partial charge in [0.2, 0.25) is 0 Å². The zero-order chi connectivity index (χ0) is 16.9. The molecule has 1 aliphatic heterocycles. The van der Waals surface area contributed by atoms with Crippen molar-refractivity contribution in [3.8, 4) is 0 Å². The van der Waals surface area contributed by atoms with Crippen molar-refractivity contribution in [3.05, 3.63) is 0 Å². The van der Waals surface area contributed by atoms with Gasteiger partial charge in [-0.25, -0.2) is 0 Å². The molecule has 0 saturated carbocycles. The summed E-state index contributed by atoms with van der Waals surface area (Å²) in [5.74, 6) is 0. The molecule has 0 aromatic heterocycles. The standard InChI is InChI=1S/C18H36O5/c1-5-8-11-20-14-15-16(21-12-9-6-2)17(18(19-4)23-15)22-13-10-7-3/h15-18H,5-14H2,1-4H3/t15-,16+,17?,18-/m1/s1. The molecule has 4 atom stereocenters. The van der Waals surface area contributed by atoms with Crippen LogP contribution < -0.4 is 0 Å². The molecule has 0 bridgehead atoms. The lowest BCUT2D eigenvalue weighted by Gasteiger charge is -2.24. The average molecular weight is 332 g/mol. The molecule has 1 fully saturated rings. The summed E-state index contributed by atoms with van der Waals surface area (Å²) in [6.07, 6.45) is 5.69. The second-order valence-corrected chi connectivity index (χ2v) is 6.09. The van der Waals surface area contributed by atoms with Gasteiger partial charge in [-0.3, -0.25) is 0 Å². The molecule has 0 spiro atoms. The SMILES string of the molecule is CCCCOC[C@H]1O[C@@H](OC)C(OCCCC)[C@H]1OCCCC. The highest BCUT2D eigenvalue weighted by Crippen LogP contribution is 2.28. The molecule has 138 valence electrons. The molecule has 0 aromatic rings. The predicted molar refractivity (Wildman–Crippen MR) is 90.7 cm³/mol. The number of ether oxygens (including phenoxy) is 5. The average Bonchev–Trinajstić information content (AvgIpc) is 2.89. The Kier molecular flexibility index (Phi) is 11.9. The maximum absolute atomic E-state index is 6.08. The number of hydrogen-bond acceptors (Lipinski definition) is 5. The van der Waals surface area contributed by atoms with Gasteiger partial charge >= 0.3 is 0 Å². The van der Waals surface area contributed by atoms with Gasteiger partial charge in [-0.05, 0) is 19.3 Å². The lowest BCUT2D eigenvalue weighted by atomic mass is 10.1. The van der Waals surface area contributed by atoms with E-state index in [9.17, 15) is 0 Å². The van der Waals surface area contributed by atoms with Crippen molar-refractivity contribution < 1.29 is 23.7 Å². The highest BCUT2D eigenvalue weighted by atomic mass is 16.7. The minimum Gasteiger partial charge on any atom is -0.379 e. The minimum absolute atomic E-state index is 0.120. The number of unbranched alkanes of at least 4 members (excludes halogenated alkanes) is 3. The number of methoxy groups -OCH3 is 1. The summed E-state index contributed by atoms with van der Waals surface area (Å²) in [7, 11) is 1.66. The van der Waals surface area contributed by atoms with Crippen LogP contribution in [0, 0.1) is 0 Å². The highest BCUT2D eigenvalue weighted by molar-refractivity contribution is 4.89. The van der Waals surface area contributed by atoms with Crippen LogP contribution in [0.2, 0.25) is 0 Å². The van der Waals surface area contributed by atoms with Crippen LogP contribution in [0.1, 0.15) is 59.3 Å². The largest absolute Gasteiger partial charge is 0.379 e. The van der Waals surface area contributed by atoms with E-state index in [-0.39, 0.29) is 24.6 Å². The van der Waals surface area contributed by atoms with Crippen molar-refractivity contribution in [3.63, 3.8) is 0 Å². The maximum atomic E-state index is 6.08. The Hall–Kier alpha value is -0.200. The van der Waals surface area contributed by atoms with Crippen LogP contribution in [0.4, 0.5) is 0 Å². The predicted octanol–water partition coefficient (Wildman–Crippen LogP) is 3.55. The normalized spacial score (nSPS) is 27.7. The highest BCUT2D eigenvalue weighted by Gasteiger charge is 2.46. The van der Waals surface area contributed by atoms with Crippen molar-refractivity contribution in [1.29, 1.82) is 0 Å². The van der Waals surface area contributed by atoms with E-state index in [4.69, 9.17) is 23.7 Å². The van der Waals surface area contributed by atoms with E-state index in [0.29, 0.717) is 13.2 Å². The Morgan fingerprint density at radius 2 is 1.35 bits per heavy atom. The summed E-state index contributed by atoms with van der Waals surface area (Å²) in [5, 5.41) is 0. The summed E-state index contributed by atoms with van der Waals surface area (Å²) in [6, 6.07) is 0. The third-order valence-corrected chi connectivity index (χ3v) is 4.04. The second kappa shape index (κ2) is 13.1. The Bertz CT molecular complexity index is 274. The molecule has 0 radical (unpaired) electrons. The van der Waals surface area contributed by atoms with E-state index in [1.165, 1.54) is 0 Å². The molecule has 0 aromatic carbocycles. The summed E-state index contributed by atoms with van der Waals surface area (Å²) in [4.78, 5) is 0. The quantitative estimate of drug-likeness (QED) is 0.455. The number of rotatable bonds is 14. The van der Waals surface area contributed by atoms with Crippen molar-refractivity contribution in [2.24, 2.45) is 0 Å². The molecule has 1 rings (SSSR count). The summed E-state index contributed by atoms with van der Waals surface area (Å²) in [5.41, 5.74) is 0. The van der Waals surface area contributed by atoms with Crippen LogP contribution in [0.15, 0.2) is 0 Å². The minimum atomic E-state index is -0.377. The van der Waals surface area contributed by atoms with Gasteiger partial charge in [0.05, 0.1) is 6.61 Å². The van der Waals surface area contributed by atoms with Crippen LogP contribution in [0.3, 0.4) is 0 Å². The van der Waals surface area contributed by atoms with E-state index < -0.39 is 0 Å². The van der Waals surface area contributed by atoms with Crippen molar-refractivity contribution in [2.45, 2.75) is 83.9 Å². The summed E-state index contributed by atoms with van der Waals surface area (Å²) in [6.45, 7) is 9.20. The molecule has 5 nitrogen and oxygen atoms in total. The van der Waals surface area contributed by atoms with E-state index in [1.807, 2.05) is 0 Å². The van der Waals surface area contributed by atoms with Gasteiger partial charge in [-0.2, -0.15) is 0 Å². The van der Waals surface area contributed by atoms with Gasteiger partial charge in [-0.15, -0.1) is 0 Å². The van der Waals surface area contributed by atoms with Crippen LogP contribution in [0.5, 0.6) is 0 Å². The van der Waals surface area contributed by atoms with Crippen LogP contribution >= 0.6 is 0 Å². The molecule has 1 heterocycles. The van der Waals surface area contributed by atoms with Crippen LogP contribution in [-0.2, 0) is 23.7 Å². The van der Waals surface area contributed by atoms with Gasteiger partial charge in [-0.1, -0.05) is 40.0 Å². The van der Waals surface area contributed by atoms with Crippen LogP contribution in [-0.4, -0.2) is 58.1 Å². The third-order valence-electron chi connectivity index (χ3n) is 4.04. The van der Waals surface area contributed by atoms with E-state index in [2.05, 4.69) is 20.8 Å². The monoisotopic (exact) mass is 332 g/mol. The van der Waals surface area contributed by atoms with E-state index in [1.54, 1.807) is 7.11 Å². The lowest BCUT2D eigenvalue weighted by Crippen LogP contribution is -2.40. The van der Waals surface area contributed by atoms with Gasteiger partial charge in [0.1, 0.15) is 18.3 Å². The zero-order valence-electron chi connectivity index (χ0n) is 15.4. The van der Waals surface area contributed by atoms with Gasteiger partial charge in [0.25, 0.3) is 0 Å². The van der Waals surface area contributed by atoms with Crippen molar-refractivity contribution >= 4 is 0 Å². The Morgan fingerprint density at radius 1 is 0.783 bits per heavy atom. The molecule has 0 amide bonds.